The molecule has 1 atom stereocenters. The minimum absolute atomic E-state index is 0.243. The molecule has 2 rings (SSSR count). The summed E-state index contributed by atoms with van der Waals surface area (Å²) in [6.07, 6.45) is 5.19. The van der Waals surface area contributed by atoms with Crippen molar-refractivity contribution in [2.75, 3.05) is 0 Å². The van der Waals surface area contributed by atoms with E-state index in [0.29, 0.717) is 0 Å². The first-order valence-corrected chi connectivity index (χ1v) is 6.26. The lowest BCUT2D eigenvalue weighted by molar-refractivity contribution is 0.263. The van der Waals surface area contributed by atoms with Crippen LogP contribution in [0.3, 0.4) is 0 Å². The number of thiophene rings is 1. The average molecular weight is 231 g/mol. The molecular formula is C10H15ClN2S. The van der Waals surface area contributed by atoms with Crippen molar-refractivity contribution in [3.8, 4) is 0 Å². The molecule has 1 aromatic rings. The van der Waals surface area contributed by atoms with Crippen LogP contribution in [0.2, 0.25) is 5.02 Å². The Kier molecular flexibility index (Phi) is 3.44. The Morgan fingerprint density at radius 3 is 2.86 bits per heavy atom. The van der Waals surface area contributed by atoms with Gasteiger partial charge in [-0.3, -0.25) is 11.3 Å². The lowest BCUT2D eigenvalue weighted by Crippen LogP contribution is -2.30. The first-order valence-electron chi connectivity index (χ1n) is 5.00. The van der Waals surface area contributed by atoms with Gasteiger partial charge in [0, 0.05) is 4.88 Å². The lowest BCUT2D eigenvalue weighted by Gasteiger charge is -2.29. The molecule has 1 unspecified atom stereocenters. The summed E-state index contributed by atoms with van der Waals surface area (Å²) in [6.45, 7) is 0. The van der Waals surface area contributed by atoms with E-state index in [2.05, 4.69) is 5.43 Å². The quantitative estimate of drug-likeness (QED) is 0.616. The van der Waals surface area contributed by atoms with Crippen molar-refractivity contribution in [3.05, 3.63) is 21.3 Å². The molecule has 0 bridgehead atoms. The molecule has 2 nitrogen and oxygen atoms in total. The second-order valence-electron chi connectivity index (χ2n) is 3.88. The predicted molar refractivity (Wildman–Crippen MR) is 61.4 cm³/mol. The fraction of sp³-hybridized carbons (Fsp3) is 0.600. The van der Waals surface area contributed by atoms with E-state index in [1.807, 2.05) is 11.4 Å². The van der Waals surface area contributed by atoms with E-state index in [1.165, 1.54) is 24.1 Å². The Bertz CT molecular complexity index is 296. The summed E-state index contributed by atoms with van der Waals surface area (Å²) < 4.78 is 0. The number of hydrogen-bond donors (Lipinski definition) is 2. The van der Waals surface area contributed by atoms with Crippen molar-refractivity contribution in [1.82, 2.24) is 5.43 Å². The SMILES string of the molecule is NNC(CC1CCC1)c1sccc1Cl. The van der Waals surface area contributed by atoms with Gasteiger partial charge in [0.1, 0.15) is 0 Å². The summed E-state index contributed by atoms with van der Waals surface area (Å²) in [7, 11) is 0. The number of nitrogens with one attached hydrogen (secondary N) is 1. The Morgan fingerprint density at radius 2 is 2.43 bits per heavy atom. The molecule has 0 amide bonds. The number of hydrazine groups is 1. The molecule has 1 fully saturated rings. The van der Waals surface area contributed by atoms with Crippen LogP contribution >= 0.6 is 22.9 Å². The van der Waals surface area contributed by atoms with Crippen molar-refractivity contribution in [3.63, 3.8) is 0 Å². The zero-order valence-corrected chi connectivity index (χ0v) is 9.57. The van der Waals surface area contributed by atoms with Crippen molar-refractivity contribution in [1.29, 1.82) is 0 Å². The maximum atomic E-state index is 6.07. The van der Waals surface area contributed by atoms with Crippen molar-refractivity contribution >= 4 is 22.9 Å². The van der Waals surface area contributed by atoms with Crippen LogP contribution in [0.15, 0.2) is 11.4 Å². The molecule has 1 aliphatic carbocycles. The number of halogens is 1. The smallest absolute Gasteiger partial charge is 0.0570 e. The molecule has 0 radical (unpaired) electrons. The third-order valence-electron chi connectivity index (χ3n) is 2.96. The second kappa shape index (κ2) is 4.62. The first kappa shape index (κ1) is 10.4. The normalized spacial score (nSPS) is 19.3. The Labute approximate surface area is 93.4 Å². The van der Waals surface area contributed by atoms with E-state index in [1.54, 1.807) is 11.3 Å². The molecule has 14 heavy (non-hydrogen) atoms. The van der Waals surface area contributed by atoms with Gasteiger partial charge < -0.3 is 0 Å². The Morgan fingerprint density at radius 1 is 1.64 bits per heavy atom. The molecular weight excluding hydrogens is 216 g/mol. The third kappa shape index (κ3) is 2.11. The van der Waals surface area contributed by atoms with E-state index in [-0.39, 0.29) is 6.04 Å². The monoisotopic (exact) mass is 230 g/mol. The van der Waals surface area contributed by atoms with Crippen LogP contribution in [0, 0.1) is 5.92 Å². The first-order chi connectivity index (χ1) is 6.81. The molecule has 78 valence electrons. The molecule has 1 aromatic heterocycles. The zero-order valence-electron chi connectivity index (χ0n) is 8.00. The maximum absolute atomic E-state index is 6.07. The number of hydrogen-bond acceptors (Lipinski definition) is 3. The number of rotatable bonds is 4. The highest BCUT2D eigenvalue weighted by Crippen LogP contribution is 2.38. The van der Waals surface area contributed by atoms with E-state index in [9.17, 15) is 0 Å². The fourth-order valence-electron chi connectivity index (χ4n) is 1.87. The second-order valence-corrected chi connectivity index (χ2v) is 5.24. The topological polar surface area (TPSA) is 38.0 Å². The zero-order chi connectivity index (χ0) is 9.97. The summed E-state index contributed by atoms with van der Waals surface area (Å²) in [5.74, 6) is 6.40. The van der Waals surface area contributed by atoms with Gasteiger partial charge in [-0.2, -0.15) is 0 Å². The molecule has 0 saturated heterocycles. The highest BCUT2D eigenvalue weighted by Gasteiger charge is 2.24. The molecule has 1 aliphatic rings. The van der Waals surface area contributed by atoms with Gasteiger partial charge >= 0.3 is 0 Å². The summed E-state index contributed by atoms with van der Waals surface area (Å²) >= 11 is 7.76. The van der Waals surface area contributed by atoms with Crippen LogP contribution in [0.1, 0.15) is 36.6 Å². The third-order valence-corrected chi connectivity index (χ3v) is 4.43. The van der Waals surface area contributed by atoms with Gasteiger partial charge in [0.25, 0.3) is 0 Å². The lowest BCUT2D eigenvalue weighted by atomic mass is 9.81. The van der Waals surface area contributed by atoms with Crippen molar-refractivity contribution in [2.45, 2.75) is 31.7 Å². The van der Waals surface area contributed by atoms with Crippen LogP contribution in [-0.4, -0.2) is 0 Å². The van der Waals surface area contributed by atoms with E-state index in [4.69, 9.17) is 17.4 Å². The van der Waals surface area contributed by atoms with Crippen LogP contribution in [0.5, 0.6) is 0 Å². The Balaban J connectivity index is 2.01. The molecule has 4 heteroatoms. The molecule has 0 aliphatic heterocycles. The molecule has 3 N–H and O–H groups in total. The summed E-state index contributed by atoms with van der Waals surface area (Å²) in [5, 5.41) is 2.86. The minimum Gasteiger partial charge on any atom is -0.271 e. The minimum atomic E-state index is 0.243. The Hall–Kier alpha value is -0.0900. The van der Waals surface area contributed by atoms with E-state index < -0.39 is 0 Å². The van der Waals surface area contributed by atoms with E-state index >= 15 is 0 Å². The van der Waals surface area contributed by atoms with E-state index in [0.717, 1.165) is 17.4 Å². The van der Waals surface area contributed by atoms with Gasteiger partial charge in [0.05, 0.1) is 11.1 Å². The van der Waals surface area contributed by atoms with Gasteiger partial charge in [-0.25, -0.2) is 0 Å². The molecule has 0 spiro atoms. The molecule has 1 heterocycles. The summed E-state index contributed by atoms with van der Waals surface area (Å²) in [6, 6.07) is 2.18. The van der Waals surface area contributed by atoms with Gasteiger partial charge in [-0.1, -0.05) is 30.9 Å². The fourth-order valence-corrected chi connectivity index (χ4v) is 3.13. The molecule has 1 saturated carbocycles. The predicted octanol–water partition coefficient (Wildman–Crippen LogP) is 3.10. The summed E-state index contributed by atoms with van der Waals surface area (Å²) in [5.41, 5.74) is 2.87. The largest absolute Gasteiger partial charge is 0.271 e. The highest BCUT2D eigenvalue weighted by atomic mass is 35.5. The van der Waals surface area contributed by atoms with Gasteiger partial charge in [0.15, 0.2) is 0 Å². The van der Waals surface area contributed by atoms with Gasteiger partial charge in [0.2, 0.25) is 0 Å². The molecule has 0 aromatic carbocycles. The van der Waals surface area contributed by atoms with Gasteiger partial charge in [-0.05, 0) is 23.8 Å². The maximum Gasteiger partial charge on any atom is 0.0570 e. The number of nitrogens with two attached hydrogens (primary N) is 1. The summed E-state index contributed by atoms with van der Waals surface area (Å²) in [4.78, 5) is 1.18. The van der Waals surface area contributed by atoms with Crippen LogP contribution in [-0.2, 0) is 0 Å². The average Bonchev–Trinajstić information content (AvgIpc) is 2.51. The van der Waals surface area contributed by atoms with Crippen LogP contribution in [0.4, 0.5) is 0 Å². The van der Waals surface area contributed by atoms with Gasteiger partial charge in [-0.15, -0.1) is 11.3 Å². The van der Waals surface area contributed by atoms with Crippen molar-refractivity contribution in [2.24, 2.45) is 11.8 Å². The van der Waals surface area contributed by atoms with Crippen LogP contribution < -0.4 is 11.3 Å². The highest BCUT2D eigenvalue weighted by molar-refractivity contribution is 7.10. The van der Waals surface area contributed by atoms with Crippen molar-refractivity contribution < 1.29 is 0 Å². The standard InChI is InChI=1S/C10H15ClN2S/c11-8-4-5-14-10(8)9(13-12)6-7-2-1-3-7/h4-5,7,9,13H,1-3,6,12H2. The van der Waals surface area contributed by atoms with Crippen LogP contribution in [0.25, 0.3) is 0 Å².